The third-order valence-corrected chi connectivity index (χ3v) is 3.69. The van der Waals surface area contributed by atoms with Gasteiger partial charge in [0.15, 0.2) is 17.5 Å². The van der Waals surface area contributed by atoms with Gasteiger partial charge in [0.1, 0.15) is 13.2 Å². The standard InChI is InChI=1S/C16H24ClN3O2/c1-3-4-6-19-16(18-2)20-7-5-12-10-13(17)15-14(11-12)21-8-9-22-15/h10-11H,3-9H2,1-2H3,(H2,18,19,20). The molecule has 1 aromatic carbocycles. The van der Waals surface area contributed by atoms with Crippen molar-refractivity contribution < 1.29 is 9.47 Å². The van der Waals surface area contributed by atoms with Crippen molar-refractivity contribution in [3.05, 3.63) is 22.7 Å². The lowest BCUT2D eigenvalue weighted by Crippen LogP contribution is -2.38. The van der Waals surface area contributed by atoms with Crippen LogP contribution < -0.4 is 20.1 Å². The van der Waals surface area contributed by atoms with E-state index in [0.717, 1.165) is 43.2 Å². The van der Waals surface area contributed by atoms with Crippen LogP contribution in [0.3, 0.4) is 0 Å². The van der Waals surface area contributed by atoms with Gasteiger partial charge in [-0.3, -0.25) is 4.99 Å². The van der Waals surface area contributed by atoms with E-state index in [1.807, 2.05) is 12.1 Å². The molecule has 1 heterocycles. The molecule has 0 saturated heterocycles. The number of benzene rings is 1. The highest BCUT2D eigenvalue weighted by Crippen LogP contribution is 2.38. The SMILES string of the molecule is CCCCNC(=NC)NCCc1cc(Cl)c2c(c1)OCCO2. The molecule has 0 fully saturated rings. The van der Waals surface area contributed by atoms with Gasteiger partial charge in [-0.1, -0.05) is 24.9 Å². The lowest BCUT2D eigenvalue weighted by molar-refractivity contribution is 0.171. The number of fused-ring (bicyclic) bond motifs is 1. The second kappa shape index (κ2) is 8.73. The zero-order valence-electron chi connectivity index (χ0n) is 13.2. The molecule has 122 valence electrons. The summed E-state index contributed by atoms with van der Waals surface area (Å²) in [5, 5.41) is 7.20. The summed E-state index contributed by atoms with van der Waals surface area (Å²) in [6.45, 7) is 5.00. The van der Waals surface area contributed by atoms with Gasteiger partial charge in [0.25, 0.3) is 0 Å². The predicted molar refractivity (Wildman–Crippen MR) is 90.4 cm³/mol. The van der Waals surface area contributed by atoms with E-state index in [0.29, 0.717) is 24.0 Å². The van der Waals surface area contributed by atoms with Gasteiger partial charge in [-0.2, -0.15) is 0 Å². The van der Waals surface area contributed by atoms with E-state index >= 15 is 0 Å². The smallest absolute Gasteiger partial charge is 0.190 e. The highest BCUT2D eigenvalue weighted by Gasteiger charge is 2.16. The van der Waals surface area contributed by atoms with Crippen LogP contribution in [0, 0.1) is 0 Å². The number of nitrogens with one attached hydrogen (secondary N) is 2. The summed E-state index contributed by atoms with van der Waals surface area (Å²) < 4.78 is 11.1. The highest BCUT2D eigenvalue weighted by molar-refractivity contribution is 6.32. The first-order valence-corrected chi connectivity index (χ1v) is 8.15. The van der Waals surface area contributed by atoms with Crippen molar-refractivity contribution in [3.63, 3.8) is 0 Å². The zero-order valence-corrected chi connectivity index (χ0v) is 14.0. The topological polar surface area (TPSA) is 54.9 Å². The van der Waals surface area contributed by atoms with Crippen molar-refractivity contribution in [2.45, 2.75) is 26.2 Å². The van der Waals surface area contributed by atoms with Gasteiger partial charge in [-0.15, -0.1) is 0 Å². The molecule has 0 unspecified atom stereocenters. The second-order valence-electron chi connectivity index (χ2n) is 5.13. The molecule has 5 nitrogen and oxygen atoms in total. The molecule has 2 N–H and O–H groups in total. The van der Waals surface area contributed by atoms with Crippen molar-refractivity contribution in [2.24, 2.45) is 4.99 Å². The Morgan fingerprint density at radius 2 is 2.00 bits per heavy atom. The van der Waals surface area contributed by atoms with Crippen LogP contribution in [0.25, 0.3) is 0 Å². The van der Waals surface area contributed by atoms with Crippen LogP contribution in [-0.2, 0) is 6.42 Å². The summed E-state index contributed by atoms with van der Waals surface area (Å²) in [5.74, 6) is 2.22. The summed E-state index contributed by atoms with van der Waals surface area (Å²) in [6, 6.07) is 3.93. The fourth-order valence-corrected chi connectivity index (χ4v) is 2.53. The van der Waals surface area contributed by atoms with Crippen LogP contribution in [0.2, 0.25) is 5.02 Å². The zero-order chi connectivity index (χ0) is 15.8. The lowest BCUT2D eigenvalue weighted by atomic mass is 10.1. The van der Waals surface area contributed by atoms with Crippen LogP contribution in [0.1, 0.15) is 25.3 Å². The Balaban J connectivity index is 1.85. The predicted octanol–water partition coefficient (Wildman–Crippen LogP) is 2.62. The molecule has 0 radical (unpaired) electrons. The maximum atomic E-state index is 6.24. The molecule has 0 aromatic heterocycles. The Labute approximate surface area is 137 Å². The summed E-state index contributed by atoms with van der Waals surface area (Å²) >= 11 is 6.24. The van der Waals surface area contributed by atoms with Crippen LogP contribution in [0.4, 0.5) is 0 Å². The van der Waals surface area contributed by atoms with Crippen LogP contribution in [0.5, 0.6) is 11.5 Å². The molecule has 0 bridgehead atoms. The maximum Gasteiger partial charge on any atom is 0.190 e. The van der Waals surface area contributed by atoms with Gasteiger partial charge in [0.05, 0.1) is 5.02 Å². The Kier molecular flexibility index (Phi) is 6.65. The number of ether oxygens (including phenoxy) is 2. The van der Waals surface area contributed by atoms with E-state index in [1.165, 1.54) is 6.42 Å². The van der Waals surface area contributed by atoms with Gasteiger partial charge in [0, 0.05) is 20.1 Å². The third kappa shape index (κ3) is 4.70. The summed E-state index contributed by atoms with van der Waals surface area (Å²) in [7, 11) is 1.78. The van der Waals surface area contributed by atoms with Gasteiger partial charge in [0.2, 0.25) is 0 Å². The van der Waals surface area contributed by atoms with Crippen molar-refractivity contribution >= 4 is 17.6 Å². The molecule has 6 heteroatoms. The summed E-state index contributed by atoms with van der Waals surface area (Å²) in [4.78, 5) is 4.20. The number of unbranched alkanes of at least 4 members (excludes halogenated alkanes) is 1. The van der Waals surface area contributed by atoms with Crippen molar-refractivity contribution in [2.75, 3.05) is 33.4 Å². The minimum absolute atomic E-state index is 0.549. The largest absolute Gasteiger partial charge is 0.486 e. The van der Waals surface area contributed by atoms with Crippen LogP contribution in [0.15, 0.2) is 17.1 Å². The van der Waals surface area contributed by atoms with E-state index < -0.39 is 0 Å². The number of hydrogen-bond donors (Lipinski definition) is 2. The van der Waals surface area contributed by atoms with Crippen molar-refractivity contribution in [1.29, 1.82) is 0 Å². The fourth-order valence-electron chi connectivity index (χ4n) is 2.24. The molecule has 0 saturated carbocycles. The molecular formula is C16H24ClN3O2. The average molecular weight is 326 g/mol. The number of nitrogens with zero attached hydrogens (tertiary/aromatic N) is 1. The van der Waals surface area contributed by atoms with Gasteiger partial charge in [-0.05, 0) is 30.5 Å². The average Bonchev–Trinajstić information content (AvgIpc) is 2.53. The molecule has 2 rings (SSSR count). The molecular weight excluding hydrogens is 302 g/mol. The number of aliphatic imine (C=N–C) groups is 1. The molecule has 1 aromatic rings. The third-order valence-electron chi connectivity index (χ3n) is 3.41. The fraction of sp³-hybridized carbons (Fsp3) is 0.562. The van der Waals surface area contributed by atoms with Gasteiger partial charge >= 0.3 is 0 Å². The Morgan fingerprint density at radius 3 is 2.77 bits per heavy atom. The molecule has 1 aliphatic rings. The maximum absolute atomic E-state index is 6.24. The van der Waals surface area contributed by atoms with E-state index in [9.17, 15) is 0 Å². The molecule has 0 spiro atoms. The lowest BCUT2D eigenvalue weighted by Gasteiger charge is -2.20. The van der Waals surface area contributed by atoms with E-state index in [1.54, 1.807) is 7.05 Å². The molecule has 0 amide bonds. The Hall–Kier alpha value is -1.62. The quantitative estimate of drug-likeness (QED) is 0.479. The Bertz CT molecular complexity index is 520. The van der Waals surface area contributed by atoms with Gasteiger partial charge in [-0.25, -0.2) is 0 Å². The number of guanidine groups is 1. The molecule has 0 atom stereocenters. The van der Waals surface area contributed by atoms with Crippen LogP contribution >= 0.6 is 11.6 Å². The first-order chi connectivity index (χ1) is 10.7. The Morgan fingerprint density at radius 1 is 1.23 bits per heavy atom. The number of hydrogen-bond acceptors (Lipinski definition) is 3. The monoisotopic (exact) mass is 325 g/mol. The normalized spacial score (nSPS) is 13.9. The molecule has 1 aliphatic heterocycles. The van der Waals surface area contributed by atoms with Crippen molar-refractivity contribution in [1.82, 2.24) is 10.6 Å². The van der Waals surface area contributed by atoms with E-state index in [2.05, 4.69) is 22.5 Å². The van der Waals surface area contributed by atoms with Crippen LogP contribution in [-0.4, -0.2) is 39.3 Å². The second-order valence-corrected chi connectivity index (χ2v) is 5.54. The summed E-state index contributed by atoms with van der Waals surface area (Å²) in [5.41, 5.74) is 1.12. The molecule has 22 heavy (non-hydrogen) atoms. The van der Waals surface area contributed by atoms with Gasteiger partial charge < -0.3 is 20.1 Å². The van der Waals surface area contributed by atoms with E-state index in [-0.39, 0.29) is 0 Å². The molecule has 0 aliphatic carbocycles. The number of halogens is 1. The summed E-state index contributed by atoms with van der Waals surface area (Å²) in [6.07, 6.45) is 3.14. The van der Waals surface area contributed by atoms with Crippen molar-refractivity contribution in [3.8, 4) is 11.5 Å². The number of rotatable bonds is 6. The minimum Gasteiger partial charge on any atom is -0.486 e. The highest BCUT2D eigenvalue weighted by atomic mass is 35.5. The minimum atomic E-state index is 0.549. The van der Waals surface area contributed by atoms with E-state index in [4.69, 9.17) is 21.1 Å². The first-order valence-electron chi connectivity index (χ1n) is 7.77. The first kappa shape index (κ1) is 16.7.